The van der Waals surface area contributed by atoms with E-state index in [1.54, 1.807) is 7.11 Å². The Labute approximate surface area is 173 Å². The summed E-state index contributed by atoms with van der Waals surface area (Å²) >= 11 is 0. The molecule has 2 aromatic carbocycles. The Bertz CT molecular complexity index is 815. The molecule has 5 heteroatoms. The van der Waals surface area contributed by atoms with E-state index in [2.05, 4.69) is 21.6 Å². The summed E-state index contributed by atoms with van der Waals surface area (Å²) < 4.78 is 5.31. The summed E-state index contributed by atoms with van der Waals surface area (Å²) in [6, 6.07) is 16.7. The first-order valence-corrected chi connectivity index (χ1v) is 10.7. The number of piperidine rings is 2. The fourth-order valence-electron chi connectivity index (χ4n) is 4.52. The second-order valence-electron chi connectivity index (χ2n) is 8.11. The van der Waals surface area contributed by atoms with Gasteiger partial charge in [-0.3, -0.25) is 9.69 Å². The molecule has 1 unspecified atom stereocenters. The molecule has 0 radical (unpaired) electrons. The van der Waals surface area contributed by atoms with Gasteiger partial charge in [-0.1, -0.05) is 24.3 Å². The molecule has 1 amide bonds. The molecule has 0 aliphatic carbocycles. The average Bonchev–Trinajstić information content (AvgIpc) is 2.80. The maximum absolute atomic E-state index is 12.9. The minimum Gasteiger partial charge on any atom is -0.497 e. The van der Waals surface area contributed by atoms with Crippen molar-refractivity contribution in [2.24, 2.45) is 5.92 Å². The smallest absolute Gasteiger partial charge is 0.228 e. The van der Waals surface area contributed by atoms with Crippen LogP contribution in [-0.2, 0) is 4.79 Å². The number of anilines is 1. The molecule has 4 rings (SSSR count). The van der Waals surface area contributed by atoms with Gasteiger partial charge in [0.2, 0.25) is 5.91 Å². The van der Waals surface area contributed by atoms with Crippen LogP contribution in [0.1, 0.15) is 25.7 Å². The molecule has 2 aromatic rings. The minimum absolute atomic E-state index is 0.0803. The molecule has 2 aliphatic heterocycles. The first-order chi connectivity index (χ1) is 14.2. The number of nitrogens with one attached hydrogen (secondary N) is 2. The van der Waals surface area contributed by atoms with Crippen molar-refractivity contribution >= 4 is 11.6 Å². The lowest BCUT2D eigenvalue weighted by atomic mass is 9.93. The van der Waals surface area contributed by atoms with E-state index in [0.717, 1.165) is 61.6 Å². The van der Waals surface area contributed by atoms with E-state index >= 15 is 0 Å². The number of hydrogen-bond acceptors (Lipinski definition) is 4. The molecule has 5 nitrogen and oxygen atoms in total. The zero-order chi connectivity index (χ0) is 20.1. The first kappa shape index (κ1) is 19.9. The molecule has 2 N–H and O–H groups in total. The number of hydrogen-bond donors (Lipinski definition) is 2. The van der Waals surface area contributed by atoms with Crippen molar-refractivity contribution in [2.75, 3.05) is 38.6 Å². The number of ether oxygens (including phenoxy) is 1. The Morgan fingerprint density at radius 1 is 1.07 bits per heavy atom. The first-order valence-electron chi connectivity index (χ1n) is 10.7. The topological polar surface area (TPSA) is 53.6 Å². The van der Waals surface area contributed by atoms with Crippen LogP contribution in [0.3, 0.4) is 0 Å². The molecule has 2 aliphatic rings. The van der Waals surface area contributed by atoms with Crippen LogP contribution in [0.2, 0.25) is 0 Å². The van der Waals surface area contributed by atoms with Crippen LogP contribution in [0, 0.1) is 5.92 Å². The van der Waals surface area contributed by atoms with E-state index in [0.29, 0.717) is 6.04 Å². The van der Waals surface area contributed by atoms with Gasteiger partial charge < -0.3 is 15.4 Å². The van der Waals surface area contributed by atoms with Gasteiger partial charge in [-0.05, 0) is 80.7 Å². The van der Waals surface area contributed by atoms with Gasteiger partial charge in [0.1, 0.15) is 5.75 Å². The Morgan fingerprint density at radius 2 is 1.86 bits per heavy atom. The predicted molar refractivity (Wildman–Crippen MR) is 117 cm³/mol. The quantitative estimate of drug-likeness (QED) is 0.812. The van der Waals surface area contributed by atoms with E-state index in [9.17, 15) is 4.79 Å². The highest BCUT2D eigenvalue weighted by atomic mass is 16.5. The van der Waals surface area contributed by atoms with Gasteiger partial charge >= 0.3 is 0 Å². The Balaban J connectivity index is 1.36. The van der Waals surface area contributed by atoms with Gasteiger partial charge in [-0.2, -0.15) is 0 Å². The van der Waals surface area contributed by atoms with Gasteiger partial charge in [0.05, 0.1) is 13.0 Å². The van der Waals surface area contributed by atoms with Gasteiger partial charge in [0.15, 0.2) is 0 Å². The summed E-state index contributed by atoms with van der Waals surface area (Å²) in [4.78, 5) is 15.4. The van der Waals surface area contributed by atoms with Crippen molar-refractivity contribution in [3.8, 4) is 16.9 Å². The van der Waals surface area contributed by atoms with Crippen molar-refractivity contribution < 1.29 is 9.53 Å². The lowest BCUT2D eigenvalue weighted by molar-refractivity contribution is -0.121. The highest BCUT2D eigenvalue weighted by Crippen LogP contribution is 2.26. The van der Waals surface area contributed by atoms with Crippen molar-refractivity contribution in [3.05, 3.63) is 48.5 Å². The minimum atomic E-state index is 0.0803. The number of nitrogens with zero attached hydrogens (tertiary/aromatic N) is 1. The number of likely N-dealkylation sites (tertiary alicyclic amines) is 1. The van der Waals surface area contributed by atoms with Crippen LogP contribution >= 0.6 is 0 Å². The lowest BCUT2D eigenvalue weighted by Crippen LogP contribution is -2.49. The molecule has 29 heavy (non-hydrogen) atoms. The summed E-state index contributed by atoms with van der Waals surface area (Å²) in [5, 5.41) is 6.56. The number of rotatable bonds is 5. The average molecular weight is 394 g/mol. The van der Waals surface area contributed by atoms with Crippen LogP contribution in [0.5, 0.6) is 5.75 Å². The third-order valence-electron chi connectivity index (χ3n) is 6.20. The van der Waals surface area contributed by atoms with Crippen molar-refractivity contribution in [1.29, 1.82) is 0 Å². The number of benzene rings is 2. The normalized spacial score (nSPS) is 20.9. The molecular weight excluding hydrogens is 362 g/mol. The van der Waals surface area contributed by atoms with Gasteiger partial charge in [0, 0.05) is 18.3 Å². The van der Waals surface area contributed by atoms with Crippen molar-refractivity contribution in [2.45, 2.75) is 31.7 Å². The van der Waals surface area contributed by atoms with Gasteiger partial charge in [-0.15, -0.1) is 0 Å². The maximum Gasteiger partial charge on any atom is 0.228 e. The molecule has 154 valence electrons. The van der Waals surface area contributed by atoms with Crippen LogP contribution in [-0.4, -0.2) is 50.1 Å². The van der Waals surface area contributed by atoms with Gasteiger partial charge in [-0.25, -0.2) is 0 Å². The molecule has 0 bridgehead atoms. The van der Waals surface area contributed by atoms with E-state index in [4.69, 9.17) is 4.74 Å². The Morgan fingerprint density at radius 3 is 2.62 bits per heavy atom. The van der Waals surface area contributed by atoms with Crippen molar-refractivity contribution in [1.82, 2.24) is 10.2 Å². The summed E-state index contributed by atoms with van der Waals surface area (Å²) in [5.41, 5.74) is 3.07. The zero-order valence-corrected chi connectivity index (χ0v) is 17.2. The second kappa shape index (κ2) is 9.42. The SMILES string of the molecule is COc1cccc(-c2ccc(NC(=O)C3CCCN(C4CCNCC4)C3)cc2)c1. The number of carbonyl (C=O) groups is 1. The molecule has 2 heterocycles. The summed E-state index contributed by atoms with van der Waals surface area (Å²) in [7, 11) is 1.68. The second-order valence-corrected chi connectivity index (χ2v) is 8.11. The monoisotopic (exact) mass is 393 g/mol. The summed E-state index contributed by atoms with van der Waals surface area (Å²) in [6.45, 7) is 4.21. The zero-order valence-electron chi connectivity index (χ0n) is 17.2. The Kier molecular flexibility index (Phi) is 6.47. The van der Waals surface area contributed by atoms with E-state index in [1.807, 2.05) is 42.5 Å². The van der Waals surface area contributed by atoms with Crippen LogP contribution in [0.4, 0.5) is 5.69 Å². The third-order valence-corrected chi connectivity index (χ3v) is 6.20. The van der Waals surface area contributed by atoms with E-state index < -0.39 is 0 Å². The van der Waals surface area contributed by atoms with Gasteiger partial charge in [0.25, 0.3) is 0 Å². The van der Waals surface area contributed by atoms with Crippen LogP contribution < -0.4 is 15.4 Å². The predicted octanol–water partition coefficient (Wildman–Crippen LogP) is 3.76. The fourth-order valence-corrected chi connectivity index (χ4v) is 4.52. The van der Waals surface area contributed by atoms with Crippen molar-refractivity contribution in [3.63, 3.8) is 0 Å². The van der Waals surface area contributed by atoms with Crippen LogP contribution in [0.25, 0.3) is 11.1 Å². The molecule has 1 atom stereocenters. The lowest BCUT2D eigenvalue weighted by Gasteiger charge is -2.39. The molecule has 0 spiro atoms. The maximum atomic E-state index is 12.9. The largest absolute Gasteiger partial charge is 0.497 e. The summed E-state index contributed by atoms with van der Waals surface area (Å²) in [5.74, 6) is 1.07. The number of methoxy groups -OCH3 is 1. The highest BCUT2D eigenvalue weighted by molar-refractivity contribution is 5.93. The number of amides is 1. The molecule has 0 saturated carbocycles. The van der Waals surface area contributed by atoms with E-state index in [-0.39, 0.29) is 11.8 Å². The third kappa shape index (κ3) is 4.98. The standard InChI is InChI=1S/C24H31N3O2/c1-29-23-6-2-4-19(16-23)18-7-9-21(10-8-18)26-24(28)20-5-3-15-27(17-20)22-11-13-25-14-12-22/h2,4,6-10,16,20,22,25H,3,5,11-15,17H2,1H3,(H,26,28). The van der Waals surface area contributed by atoms with Crippen LogP contribution in [0.15, 0.2) is 48.5 Å². The molecule has 2 fully saturated rings. The molecule has 2 saturated heterocycles. The fraction of sp³-hybridized carbons (Fsp3) is 0.458. The summed E-state index contributed by atoms with van der Waals surface area (Å²) in [6.07, 6.45) is 4.48. The Hall–Kier alpha value is -2.37. The highest BCUT2D eigenvalue weighted by Gasteiger charge is 2.30. The number of carbonyl (C=O) groups excluding carboxylic acids is 1. The van der Waals surface area contributed by atoms with E-state index in [1.165, 1.54) is 12.8 Å². The molecular formula is C24H31N3O2. The molecule has 0 aromatic heterocycles.